The Bertz CT molecular complexity index is 513. The molecule has 0 unspecified atom stereocenters. The molecule has 2 aliphatic carbocycles. The maximum Gasteiger partial charge on any atom is 0.0155 e. The SMILES string of the molecule is CC1=CC2=C(CC1)c1ccccc1C2(C)C. The third-order valence-electron chi connectivity index (χ3n) is 4.08. The molecule has 0 nitrogen and oxygen atoms in total. The molecule has 0 aromatic heterocycles. The van der Waals surface area contributed by atoms with E-state index >= 15 is 0 Å². The first kappa shape index (κ1) is 9.89. The Labute approximate surface area is 97.7 Å². The van der Waals surface area contributed by atoms with Crippen LogP contribution in [0.25, 0.3) is 5.57 Å². The number of benzene rings is 1. The molecule has 0 amide bonds. The van der Waals surface area contributed by atoms with Crippen LogP contribution >= 0.6 is 0 Å². The summed E-state index contributed by atoms with van der Waals surface area (Å²) in [7, 11) is 0. The molecule has 0 fully saturated rings. The van der Waals surface area contributed by atoms with Crippen LogP contribution in [0.4, 0.5) is 0 Å². The Morgan fingerprint density at radius 1 is 1.06 bits per heavy atom. The standard InChI is InChI=1S/C16H18/c1-11-8-9-13-12-6-4-5-7-14(12)16(2,3)15(13)10-11/h4-7,10H,8-9H2,1-3H3. The number of hydrogen-bond donors (Lipinski definition) is 0. The third kappa shape index (κ3) is 1.16. The molecule has 1 aromatic rings. The van der Waals surface area contributed by atoms with Crippen molar-refractivity contribution in [2.24, 2.45) is 0 Å². The fourth-order valence-electron chi connectivity index (χ4n) is 3.14. The first-order valence-electron chi connectivity index (χ1n) is 6.11. The predicted molar refractivity (Wildman–Crippen MR) is 69.4 cm³/mol. The average molecular weight is 210 g/mol. The Morgan fingerprint density at radius 2 is 1.81 bits per heavy atom. The molecule has 1 aromatic carbocycles. The molecule has 2 aliphatic rings. The maximum atomic E-state index is 2.42. The van der Waals surface area contributed by atoms with E-state index in [1.165, 1.54) is 29.5 Å². The molecule has 3 rings (SSSR count). The quantitative estimate of drug-likeness (QED) is 0.592. The smallest absolute Gasteiger partial charge is 0.0155 e. The van der Waals surface area contributed by atoms with Crippen LogP contribution in [0.15, 0.2) is 41.5 Å². The highest BCUT2D eigenvalue weighted by atomic mass is 14.4. The van der Waals surface area contributed by atoms with Crippen molar-refractivity contribution in [3.63, 3.8) is 0 Å². The lowest BCUT2D eigenvalue weighted by molar-refractivity contribution is 0.649. The van der Waals surface area contributed by atoms with Gasteiger partial charge >= 0.3 is 0 Å². The van der Waals surface area contributed by atoms with Gasteiger partial charge in [0.2, 0.25) is 0 Å². The van der Waals surface area contributed by atoms with Gasteiger partial charge in [-0.05, 0) is 42.0 Å². The lowest BCUT2D eigenvalue weighted by Crippen LogP contribution is -2.16. The first-order chi connectivity index (χ1) is 7.60. The monoisotopic (exact) mass is 210 g/mol. The van der Waals surface area contributed by atoms with Gasteiger partial charge in [-0.25, -0.2) is 0 Å². The van der Waals surface area contributed by atoms with Gasteiger partial charge in [-0.15, -0.1) is 0 Å². The van der Waals surface area contributed by atoms with Gasteiger partial charge in [0.15, 0.2) is 0 Å². The minimum absolute atomic E-state index is 0.202. The maximum absolute atomic E-state index is 2.42. The molecule has 0 aliphatic heterocycles. The highest BCUT2D eigenvalue weighted by Gasteiger charge is 2.36. The van der Waals surface area contributed by atoms with E-state index in [1.54, 1.807) is 11.1 Å². The van der Waals surface area contributed by atoms with E-state index in [0.717, 1.165) is 0 Å². The van der Waals surface area contributed by atoms with Crippen LogP contribution in [0, 0.1) is 0 Å². The summed E-state index contributed by atoms with van der Waals surface area (Å²) in [4.78, 5) is 0. The number of allylic oxidation sites excluding steroid dienone is 4. The van der Waals surface area contributed by atoms with Crippen LogP contribution in [0.3, 0.4) is 0 Å². The van der Waals surface area contributed by atoms with Gasteiger partial charge in [0.25, 0.3) is 0 Å². The summed E-state index contributed by atoms with van der Waals surface area (Å²) in [6, 6.07) is 8.90. The molecule has 0 spiro atoms. The van der Waals surface area contributed by atoms with E-state index in [-0.39, 0.29) is 5.41 Å². The van der Waals surface area contributed by atoms with Gasteiger partial charge in [0.05, 0.1) is 0 Å². The zero-order valence-corrected chi connectivity index (χ0v) is 10.3. The summed E-state index contributed by atoms with van der Waals surface area (Å²) in [6.07, 6.45) is 4.86. The van der Waals surface area contributed by atoms with Gasteiger partial charge < -0.3 is 0 Å². The fraction of sp³-hybridized carbons (Fsp3) is 0.375. The summed E-state index contributed by atoms with van der Waals surface area (Å²) in [6.45, 7) is 6.95. The van der Waals surface area contributed by atoms with Crippen LogP contribution in [0.5, 0.6) is 0 Å². The lowest BCUT2D eigenvalue weighted by Gasteiger charge is -2.24. The normalized spacial score (nSPS) is 21.6. The molecule has 0 heterocycles. The summed E-state index contributed by atoms with van der Waals surface area (Å²) >= 11 is 0. The van der Waals surface area contributed by atoms with Crippen molar-refractivity contribution in [3.05, 3.63) is 52.6 Å². The van der Waals surface area contributed by atoms with Crippen LogP contribution in [0.1, 0.15) is 44.7 Å². The van der Waals surface area contributed by atoms with Gasteiger partial charge in [-0.3, -0.25) is 0 Å². The third-order valence-corrected chi connectivity index (χ3v) is 4.08. The van der Waals surface area contributed by atoms with Crippen molar-refractivity contribution in [1.29, 1.82) is 0 Å². The average Bonchev–Trinajstić information content (AvgIpc) is 2.49. The minimum atomic E-state index is 0.202. The van der Waals surface area contributed by atoms with Crippen LogP contribution in [-0.2, 0) is 5.41 Å². The van der Waals surface area contributed by atoms with Crippen molar-refractivity contribution in [1.82, 2.24) is 0 Å². The molecule has 0 saturated heterocycles. The van der Waals surface area contributed by atoms with Crippen LogP contribution < -0.4 is 0 Å². The Kier molecular flexibility index (Phi) is 1.92. The number of hydrogen-bond acceptors (Lipinski definition) is 0. The van der Waals surface area contributed by atoms with Crippen molar-refractivity contribution in [2.45, 2.75) is 39.0 Å². The van der Waals surface area contributed by atoms with Crippen LogP contribution in [0.2, 0.25) is 0 Å². The van der Waals surface area contributed by atoms with Crippen molar-refractivity contribution in [3.8, 4) is 0 Å². The second-order valence-corrected chi connectivity index (χ2v) is 5.55. The number of fused-ring (bicyclic) bond motifs is 2. The number of rotatable bonds is 0. The lowest BCUT2D eigenvalue weighted by atomic mass is 9.79. The molecule has 0 N–H and O–H groups in total. The predicted octanol–water partition coefficient (Wildman–Crippen LogP) is 4.47. The van der Waals surface area contributed by atoms with E-state index in [9.17, 15) is 0 Å². The summed E-state index contributed by atoms with van der Waals surface area (Å²) in [5.74, 6) is 0. The second kappa shape index (κ2) is 3.10. The highest BCUT2D eigenvalue weighted by molar-refractivity contribution is 5.83. The molecular formula is C16H18. The van der Waals surface area contributed by atoms with E-state index in [0.29, 0.717) is 0 Å². The van der Waals surface area contributed by atoms with Gasteiger partial charge in [0, 0.05) is 5.41 Å². The van der Waals surface area contributed by atoms with E-state index < -0.39 is 0 Å². The summed E-state index contributed by atoms with van der Waals surface area (Å²) < 4.78 is 0. The Morgan fingerprint density at radius 3 is 2.62 bits per heavy atom. The molecule has 0 heteroatoms. The summed E-state index contributed by atoms with van der Waals surface area (Å²) in [5, 5.41) is 0. The molecule has 0 radical (unpaired) electrons. The molecule has 82 valence electrons. The summed E-state index contributed by atoms with van der Waals surface area (Å²) in [5.41, 5.74) is 7.87. The van der Waals surface area contributed by atoms with E-state index in [2.05, 4.69) is 51.1 Å². The van der Waals surface area contributed by atoms with Crippen molar-refractivity contribution < 1.29 is 0 Å². The van der Waals surface area contributed by atoms with Crippen molar-refractivity contribution in [2.75, 3.05) is 0 Å². The van der Waals surface area contributed by atoms with Gasteiger partial charge in [0.1, 0.15) is 0 Å². The van der Waals surface area contributed by atoms with Gasteiger partial charge in [-0.2, -0.15) is 0 Å². The zero-order chi connectivity index (χ0) is 11.3. The topological polar surface area (TPSA) is 0 Å². The van der Waals surface area contributed by atoms with E-state index in [4.69, 9.17) is 0 Å². The minimum Gasteiger partial charge on any atom is -0.0727 e. The van der Waals surface area contributed by atoms with E-state index in [1.807, 2.05) is 0 Å². The molecule has 0 atom stereocenters. The fourth-order valence-corrected chi connectivity index (χ4v) is 3.14. The van der Waals surface area contributed by atoms with Crippen LogP contribution in [-0.4, -0.2) is 0 Å². The molecule has 0 saturated carbocycles. The largest absolute Gasteiger partial charge is 0.0727 e. The van der Waals surface area contributed by atoms with Gasteiger partial charge in [-0.1, -0.05) is 49.8 Å². The highest BCUT2D eigenvalue weighted by Crippen LogP contribution is 2.50. The Hall–Kier alpha value is -1.30. The molecule has 0 bridgehead atoms. The first-order valence-corrected chi connectivity index (χ1v) is 6.11. The molecule has 16 heavy (non-hydrogen) atoms. The zero-order valence-electron chi connectivity index (χ0n) is 10.3. The second-order valence-electron chi connectivity index (χ2n) is 5.55. The van der Waals surface area contributed by atoms with Crippen molar-refractivity contribution >= 4 is 5.57 Å². The Balaban J connectivity index is 2.27. The molecular weight excluding hydrogens is 192 g/mol.